The monoisotopic (exact) mass is 1030 g/mol. The topological polar surface area (TPSA) is 13.0 Å². The van der Waals surface area contributed by atoms with E-state index in [0.717, 1.165) is 74.3 Å². The number of rotatable bonds is 15. The Morgan fingerprint density at radius 2 is 0.537 bits per heavy atom. The van der Waals surface area contributed by atoms with Crippen molar-refractivity contribution >= 4 is 62.6 Å². The highest BCUT2D eigenvalue weighted by Gasteiger charge is 2.22. The molecule has 0 aliphatic heterocycles. The number of nitrogens with zero attached hydrogens (tertiary/aromatic N) is 4. The second-order valence-electron chi connectivity index (χ2n) is 21.0. The zero-order chi connectivity index (χ0) is 54.4. The molecule has 0 saturated heterocycles. The Hall–Kier alpha value is -9.90. The van der Waals surface area contributed by atoms with E-state index in [-0.39, 0.29) is 6.04 Å². The summed E-state index contributed by atoms with van der Waals surface area (Å²) in [6.45, 7) is 8.65. The number of aryl methyl sites for hydroxylation is 3. The summed E-state index contributed by atoms with van der Waals surface area (Å²) < 4.78 is 0. The molecule has 0 saturated carbocycles. The number of hydrogen-bond donors (Lipinski definition) is 0. The Bertz CT molecular complexity index is 3880. The van der Waals surface area contributed by atoms with Gasteiger partial charge in [-0.25, -0.2) is 0 Å². The van der Waals surface area contributed by atoms with E-state index in [1.807, 2.05) is 0 Å². The van der Waals surface area contributed by atoms with Crippen LogP contribution in [0.2, 0.25) is 0 Å². The SMILES string of the molecule is CC1=CC(N(c2ccc(-c3ccc(N(c4ccccc4)c4ccc(-c5ccc(N(c6ccccc6)c6ccc(-c7ccc(N(c8cccc(C)c8)c8cccc(C)c8)cc7)cc6)cc5)cc4)cc3)cc2)c2cccc(C)c2)CC=C1. The van der Waals surface area contributed by atoms with Crippen molar-refractivity contribution in [1.82, 2.24) is 0 Å². The number of anilines is 11. The second kappa shape index (κ2) is 23.0. The maximum Gasteiger partial charge on any atom is 0.0562 e. The van der Waals surface area contributed by atoms with Crippen LogP contribution in [0, 0.1) is 20.8 Å². The lowest BCUT2D eigenvalue weighted by Crippen LogP contribution is -2.30. The second-order valence-corrected chi connectivity index (χ2v) is 21.0. The summed E-state index contributed by atoms with van der Waals surface area (Å²) in [5.41, 5.74) is 24.4. The quantitative estimate of drug-likeness (QED) is 0.101. The predicted molar refractivity (Wildman–Crippen MR) is 341 cm³/mol. The number of para-hydroxylation sites is 2. The van der Waals surface area contributed by atoms with Crippen LogP contribution in [0.1, 0.15) is 30.0 Å². The van der Waals surface area contributed by atoms with Crippen LogP contribution in [0.3, 0.4) is 0 Å². The van der Waals surface area contributed by atoms with Crippen molar-refractivity contribution in [2.45, 2.75) is 40.2 Å². The van der Waals surface area contributed by atoms with Gasteiger partial charge in [-0.05, 0) is 218 Å². The fraction of sp³-hybridized carbons (Fsp3) is 0.0789. The zero-order valence-electron chi connectivity index (χ0n) is 45.9. The minimum Gasteiger partial charge on any atom is -0.334 e. The average Bonchev–Trinajstić information content (AvgIpc) is 3.62. The zero-order valence-corrected chi connectivity index (χ0v) is 45.9. The first-order valence-corrected chi connectivity index (χ1v) is 27.7. The van der Waals surface area contributed by atoms with Gasteiger partial charge in [0.15, 0.2) is 0 Å². The first-order valence-electron chi connectivity index (χ1n) is 27.7. The van der Waals surface area contributed by atoms with Gasteiger partial charge in [-0.1, -0.05) is 169 Å². The van der Waals surface area contributed by atoms with Gasteiger partial charge in [-0.15, -0.1) is 0 Å². The molecule has 0 N–H and O–H groups in total. The van der Waals surface area contributed by atoms with Gasteiger partial charge in [-0.3, -0.25) is 0 Å². The van der Waals surface area contributed by atoms with Gasteiger partial charge < -0.3 is 19.6 Å². The van der Waals surface area contributed by atoms with E-state index in [9.17, 15) is 0 Å². The molecule has 1 aliphatic carbocycles. The fourth-order valence-corrected chi connectivity index (χ4v) is 11.2. The maximum absolute atomic E-state index is 2.47. The van der Waals surface area contributed by atoms with Gasteiger partial charge in [-0.2, -0.15) is 0 Å². The maximum atomic E-state index is 2.47. The Labute approximate surface area is 472 Å². The van der Waals surface area contributed by atoms with E-state index in [1.165, 1.54) is 50.3 Å². The van der Waals surface area contributed by atoms with Crippen LogP contribution in [0.15, 0.2) is 303 Å². The summed E-state index contributed by atoms with van der Waals surface area (Å²) in [7, 11) is 0. The molecule has 0 heterocycles. The van der Waals surface area contributed by atoms with Crippen LogP contribution in [-0.4, -0.2) is 6.04 Å². The third-order valence-electron chi connectivity index (χ3n) is 15.1. The van der Waals surface area contributed by atoms with Gasteiger partial charge in [0.2, 0.25) is 0 Å². The molecule has 0 radical (unpaired) electrons. The number of benzene rings is 11. The molecule has 0 spiro atoms. The number of hydrogen-bond acceptors (Lipinski definition) is 4. The Kier molecular flexibility index (Phi) is 14.6. The van der Waals surface area contributed by atoms with Crippen LogP contribution in [0.25, 0.3) is 33.4 Å². The van der Waals surface area contributed by atoms with Crippen LogP contribution >= 0.6 is 0 Å². The normalized spacial score (nSPS) is 12.8. The molecule has 1 atom stereocenters. The van der Waals surface area contributed by atoms with Crippen molar-refractivity contribution in [2.24, 2.45) is 0 Å². The van der Waals surface area contributed by atoms with E-state index >= 15 is 0 Å². The van der Waals surface area contributed by atoms with Crippen molar-refractivity contribution < 1.29 is 0 Å². The van der Waals surface area contributed by atoms with Gasteiger partial charge >= 0.3 is 0 Å². The van der Waals surface area contributed by atoms with Crippen molar-refractivity contribution in [3.63, 3.8) is 0 Å². The summed E-state index contributed by atoms with van der Waals surface area (Å²) in [5.74, 6) is 0. The molecule has 0 aromatic heterocycles. The first kappa shape index (κ1) is 50.9. The molecule has 1 unspecified atom stereocenters. The van der Waals surface area contributed by atoms with Crippen molar-refractivity contribution in [2.75, 3.05) is 19.6 Å². The van der Waals surface area contributed by atoms with Gasteiger partial charge in [0, 0.05) is 62.6 Å². The minimum absolute atomic E-state index is 0.252. The summed E-state index contributed by atoms with van der Waals surface area (Å²) >= 11 is 0. The molecular formula is C76H64N4. The highest BCUT2D eigenvalue weighted by atomic mass is 15.2. The summed E-state index contributed by atoms with van der Waals surface area (Å²) in [6, 6.07) is 101. The highest BCUT2D eigenvalue weighted by molar-refractivity contribution is 5.84. The lowest BCUT2D eigenvalue weighted by Gasteiger charge is -2.33. The smallest absolute Gasteiger partial charge is 0.0562 e. The highest BCUT2D eigenvalue weighted by Crippen LogP contribution is 2.42. The molecule has 11 aromatic carbocycles. The lowest BCUT2D eigenvalue weighted by atomic mass is 9.99. The molecular weight excluding hydrogens is 969 g/mol. The van der Waals surface area contributed by atoms with Gasteiger partial charge in [0.1, 0.15) is 0 Å². The molecule has 4 nitrogen and oxygen atoms in total. The van der Waals surface area contributed by atoms with Crippen molar-refractivity contribution in [1.29, 1.82) is 0 Å². The first-order chi connectivity index (χ1) is 39.3. The molecule has 0 bridgehead atoms. The van der Waals surface area contributed by atoms with Crippen LogP contribution in [0.5, 0.6) is 0 Å². The third-order valence-corrected chi connectivity index (χ3v) is 15.1. The van der Waals surface area contributed by atoms with E-state index in [0.29, 0.717) is 0 Å². The molecule has 11 aromatic rings. The van der Waals surface area contributed by atoms with Crippen LogP contribution in [-0.2, 0) is 0 Å². The molecule has 0 fully saturated rings. The van der Waals surface area contributed by atoms with Gasteiger partial charge in [0.25, 0.3) is 0 Å². The standard InChI is InChI=1S/C76H64N4/c1-55-15-11-23-73(51-55)79(74-24-12-16-56(2)52-74)71-47-35-63(36-48-71)61-31-43-69(44-32-61)77(65-19-7-5-8-20-65)67-39-27-59(28-40-67)60-29-41-68(42-30-60)78(66-21-9-6-10-22-66)70-45-33-62(34-46-70)64-37-49-72(50-38-64)80(75-25-13-17-57(3)53-75)76-26-14-18-58(4)54-76/h5-25,27-54,76H,26H2,1-4H3. The Morgan fingerprint density at radius 1 is 0.263 bits per heavy atom. The molecule has 4 heteroatoms. The average molecular weight is 1030 g/mol. The summed E-state index contributed by atoms with van der Waals surface area (Å²) in [6.07, 6.45) is 7.87. The van der Waals surface area contributed by atoms with Crippen LogP contribution in [0.4, 0.5) is 62.6 Å². The Morgan fingerprint density at radius 3 is 0.863 bits per heavy atom. The van der Waals surface area contributed by atoms with Gasteiger partial charge in [0.05, 0.1) is 6.04 Å². The molecule has 80 heavy (non-hydrogen) atoms. The largest absolute Gasteiger partial charge is 0.334 e. The Balaban J connectivity index is 0.771. The van der Waals surface area contributed by atoms with E-state index < -0.39 is 0 Å². The van der Waals surface area contributed by atoms with Crippen molar-refractivity contribution in [3.8, 4) is 33.4 Å². The van der Waals surface area contributed by atoms with Crippen LogP contribution < -0.4 is 19.6 Å². The summed E-state index contributed by atoms with van der Waals surface area (Å²) in [4.78, 5) is 9.47. The van der Waals surface area contributed by atoms with E-state index in [1.54, 1.807) is 0 Å². The van der Waals surface area contributed by atoms with E-state index in [2.05, 4.69) is 345 Å². The van der Waals surface area contributed by atoms with E-state index in [4.69, 9.17) is 0 Å². The minimum atomic E-state index is 0.252. The lowest BCUT2D eigenvalue weighted by molar-refractivity contribution is 0.778. The molecule has 388 valence electrons. The third kappa shape index (κ3) is 11.1. The molecule has 1 aliphatic rings. The fourth-order valence-electron chi connectivity index (χ4n) is 11.2. The number of allylic oxidation sites excluding steroid dienone is 2. The predicted octanol–water partition coefficient (Wildman–Crippen LogP) is 21.4. The molecule has 0 amide bonds. The summed E-state index contributed by atoms with van der Waals surface area (Å²) in [5, 5.41) is 0. The molecule has 12 rings (SSSR count). The van der Waals surface area contributed by atoms with Crippen molar-refractivity contribution in [3.05, 3.63) is 320 Å².